The van der Waals surface area contributed by atoms with E-state index in [1.165, 1.54) is 32.1 Å². The van der Waals surface area contributed by atoms with Gasteiger partial charge in [-0.2, -0.15) is 0 Å². The number of nitrogens with two attached hydrogens (primary N) is 1. The Morgan fingerprint density at radius 3 is 2.80 bits per heavy atom. The summed E-state index contributed by atoms with van der Waals surface area (Å²) in [6, 6.07) is 4.43. The van der Waals surface area contributed by atoms with Crippen molar-refractivity contribution in [1.82, 2.24) is 14.5 Å². The maximum atomic E-state index is 5.79. The van der Waals surface area contributed by atoms with Crippen molar-refractivity contribution in [3.05, 3.63) is 30.9 Å². The number of hydrogen-bond donors (Lipinski definition) is 1. The molecule has 2 heterocycles. The van der Waals surface area contributed by atoms with Crippen molar-refractivity contribution in [3.63, 3.8) is 0 Å². The molecule has 2 rings (SSSR count). The van der Waals surface area contributed by atoms with Gasteiger partial charge in [-0.15, -0.1) is 0 Å². The van der Waals surface area contributed by atoms with E-state index in [1.807, 2.05) is 24.7 Å². The molecule has 108 valence electrons. The molecule has 2 aromatic heterocycles. The first-order chi connectivity index (χ1) is 9.76. The van der Waals surface area contributed by atoms with E-state index in [0.29, 0.717) is 11.9 Å². The number of unbranched alkanes of at least 4 members (excludes halogenated alkanes) is 1. The van der Waals surface area contributed by atoms with Gasteiger partial charge in [0.25, 0.3) is 0 Å². The van der Waals surface area contributed by atoms with Crippen LogP contribution in [0.1, 0.15) is 52.0 Å². The number of rotatable bonds is 7. The second-order valence-electron chi connectivity index (χ2n) is 5.24. The summed E-state index contributed by atoms with van der Waals surface area (Å²) in [5, 5.41) is 0. The average molecular weight is 272 g/mol. The highest BCUT2D eigenvalue weighted by Gasteiger charge is 2.14. The molecule has 0 aliphatic heterocycles. The van der Waals surface area contributed by atoms with E-state index in [9.17, 15) is 0 Å². The zero-order valence-electron chi connectivity index (χ0n) is 12.4. The minimum atomic E-state index is 0.520. The van der Waals surface area contributed by atoms with Gasteiger partial charge in [0.05, 0.1) is 18.2 Å². The maximum Gasteiger partial charge on any atom is 0.123 e. The third-order valence-corrected chi connectivity index (χ3v) is 3.65. The number of imidazole rings is 1. The van der Waals surface area contributed by atoms with E-state index >= 15 is 0 Å². The largest absolute Gasteiger partial charge is 0.384 e. The number of nitrogens with zero attached hydrogens (tertiary/aromatic N) is 3. The lowest BCUT2D eigenvalue weighted by Gasteiger charge is -2.20. The summed E-state index contributed by atoms with van der Waals surface area (Å²) in [6.45, 7) is 4.47. The summed E-state index contributed by atoms with van der Waals surface area (Å²) in [6.07, 6.45) is 11.7. The molecule has 0 aromatic carbocycles. The zero-order valence-corrected chi connectivity index (χ0v) is 12.4. The number of pyridine rings is 1. The first kappa shape index (κ1) is 14.6. The van der Waals surface area contributed by atoms with Crippen molar-refractivity contribution in [2.24, 2.45) is 0 Å². The van der Waals surface area contributed by atoms with Crippen molar-refractivity contribution in [2.75, 3.05) is 5.73 Å². The van der Waals surface area contributed by atoms with E-state index in [1.54, 1.807) is 6.20 Å². The molecule has 2 aromatic rings. The minimum Gasteiger partial charge on any atom is -0.384 e. The lowest BCUT2D eigenvalue weighted by atomic mass is 10.0. The topological polar surface area (TPSA) is 56.7 Å². The van der Waals surface area contributed by atoms with Crippen LogP contribution < -0.4 is 5.73 Å². The second-order valence-corrected chi connectivity index (χ2v) is 5.24. The Bertz CT molecular complexity index is 533. The lowest BCUT2D eigenvalue weighted by Crippen LogP contribution is -2.09. The van der Waals surface area contributed by atoms with Crippen molar-refractivity contribution in [3.8, 4) is 11.3 Å². The van der Waals surface area contributed by atoms with Crippen LogP contribution in [0.3, 0.4) is 0 Å². The summed E-state index contributed by atoms with van der Waals surface area (Å²) >= 11 is 0. The Morgan fingerprint density at radius 1 is 1.25 bits per heavy atom. The minimum absolute atomic E-state index is 0.520. The van der Waals surface area contributed by atoms with Crippen LogP contribution in [0.4, 0.5) is 5.82 Å². The molecule has 4 nitrogen and oxygen atoms in total. The summed E-state index contributed by atoms with van der Waals surface area (Å²) in [7, 11) is 0. The van der Waals surface area contributed by atoms with Crippen LogP contribution in [0.5, 0.6) is 0 Å². The van der Waals surface area contributed by atoms with Crippen molar-refractivity contribution >= 4 is 5.82 Å². The first-order valence-corrected chi connectivity index (χ1v) is 7.50. The van der Waals surface area contributed by atoms with Gasteiger partial charge in [0.2, 0.25) is 0 Å². The molecule has 0 fully saturated rings. The van der Waals surface area contributed by atoms with Crippen LogP contribution in [-0.4, -0.2) is 14.5 Å². The van der Waals surface area contributed by atoms with Gasteiger partial charge in [-0.05, 0) is 25.0 Å². The van der Waals surface area contributed by atoms with Gasteiger partial charge in [-0.1, -0.05) is 33.1 Å². The van der Waals surface area contributed by atoms with E-state index in [4.69, 9.17) is 5.73 Å². The van der Waals surface area contributed by atoms with Crippen LogP contribution in [0.2, 0.25) is 0 Å². The Labute approximate surface area is 121 Å². The predicted molar refractivity (Wildman–Crippen MR) is 83.3 cm³/mol. The predicted octanol–water partition coefficient (Wildman–Crippen LogP) is 4.06. The monoisotopic (exact) mass is 272 g/mol. The third kappa shape index (κ3) is 3.38. The smallest absolute Gasteiger partial charge is 0.123 e. The maximum absolute atomic E-state index is 5.79. The van der Waals surface area contributed by atoms with Crippen LogP contribution in [0, 0.1) is 0 Å². The molecule has 2 N–H and O–H groups in total. The fraction of sp³-hybridized carbons (Fsp3) is 0.500. The standard InChI is InChI=1S/C16H24N4/c1-3-5-7-14(6-4-2)20-12-18-11-15(20)13-8-9-19-16(17)10-13/h8-12,14H,3-7H2,1-2H3,(H2,17,19). The molecule has 0 spiro atoms. The Kier molecular flexibility index (Phi) is 5.16. The van der Waals surface area contributed by atoms with E-state index in [-0.39, 0.29) is 0 Å². The van der Waals surface area contributed by atoms with Crippen LogP contribution in [0.25, 0.3) is 11.3 Å². The van der Waals surface area contributed by atoms with E-state index in [2.05, 4.69) is 28.4 Å². The van der Waals surface area contributed by atoms with E-state index in [0.717, 1.165) is 11.3 Å². The molecule has 0 aliphatic carbocycles. The van der Waals surface area contributed by atoms with Gasteiger partial charge in [0, 0.05) is 17.8 Å². The van der Waals surface area contributed by atoms with Crippen LogP contribution >= 0.6 is 0 Å². The number of anilines is 1. The number of hydrogen-bond acceptors (Lipinski definition) is 3. The highest BCUT2D eigenvalue weighted by atomic mass is 15.1. The third-order valence-electron chi connectivity index (χ3n) is 3.65. The van der Waals surface area contributed by atoms with Gasteiger partial charge >= 0.3 is 0 Å². The highest BCUT2D eigenvalue weighted by Crippen LogP contribution is 2.28. The summed E-state index contributed by atoms with van der Waals surface area (Å²) < 4.78 is 2.30. The summed E-state index contributed by atoms with van der Waals surface area (Å²) in [5.41, 5.74) is 8.01. The van der Waals surface area contributed by atoms with Gasteiger partial charge in [0.1, 0.15) is 5.82 Å². The molecule has 0 radical (unpaired) electrons. The van der Waals surface area contributed by atoms with Crippen molar-refractivity contribution in [2.45, 2.75) is 52.0 Å². The normalized spacial score (nSPS) is 12.5. The summed E-state index contributed by atoms with van der Waals surface area (Å²) in [5.74, 6) is 0.552. The molecule has 1 unspecified atom stereocenters. The molecular formula is C16H24N4. The van der Waals surface area contributed by atoms with Crippen LogP contribution in [-0.2, 0) is 0 Å². The molecule has 0 amide bonds. The molecule has 0 bridgehead atoms. The van der Waals surface area contributed by atoms with Gasteiger partial charge in [-0.3, -0.25) is 0 Å². The Morgan fingerprint density at radius 2 is 2.10 bits per heavy atom. The molecule has 20 heavy (non-hydrogen) atoms. The van der Waals surface area contributed by atoms with Crippen molar-refractivity contribution in [1.29, 1.82) is 0 Å². The molecule has 0 saturated heterocycles. The molecule has 0 aliphatic rings. The van der Waals surface area contributed by atoms with Crippen molar-refractivity contribution < 1.29 is 0 Å². The van der Waals surface area contributed by atoms with Gasteiger partial charge in [0.15, 0.2) is 0 Å². The molecule has 0 saturated carbocycles. The number of nitrogen functional groups attached to an aromatic ring is 1. The fourth-order valence-corrected chi connectivity index (χ4v) is 2.62. The lowest BCUT2D eigenvalue weighted by molar-refractivity contribution is 0.420. The average Bonchev–Trinajstić information content (AvgIpc) is 2.92. The summed E-state index contributed by atoms with van der Waals surface area (Å²) in [4.78, 5) is 8.40. The van der Waals surface area contributed by atoms with E-state index < -0.39 is 0 Å². The highest BCUT2D eigenvalue weighted by molar-refractivity contribution is 5.61. The molecular weight excluding hydrogens is 248 g/mol. The molecule has 1 atom stereocenters. The first-order valence-electron chi connectivity index (χ1n) is 7.50. The Balaban J connectivity index is 2.30. The SMILES string of the molecule is CCCCC(CCC)n1cncc1-c1ccnc(N)c1. The van der Waals surface area contributed by atoms with Gasteiger partial charge in [-0.25, -0.2) is 9.97 Å². The fourth-order valence-electron chi connectivity index (χ4n) is 2.62. The quantitative estimate of drug-likeness (QED) is 0.827. The zero-order chi connectivity index (χ0) is 14.4. The van der Waals surface area contributed by atoms with Gasteiger partial charge < -0.3 is 10.3 Å². The van der Waals surface area contributed by atoms with Crippen LogP contribution in [0.15, 0.2) is 30.9 Å². The second kappa shape index (κ2) is 7.08. The Hall–Kier alpha value is -1.84. The molecule has 4 heteroatoms. The number of aromatic nitrogens is 3.